The van der Waals surface area contributed by atoms with Gasteiger partial charge in [0.2, 0.25) is 0 Å². The Hall–Kier alpha value is -0.490. The molecule has 0 saturated heterocycles. The van der Waals surface area contributed by atoms with E-state index in [9.17, 15) is 4.39 Å². The highest BCUT2D eigenvalue weighted by Gasteiger charge is 2.14. The minimum atomic E-state index is -0.255. The van der Waals surface area contributed by atoms with Gasteiger partial charge in [0, 0.05) is 30.7 Å². The van der Waals surface area contributed by atoms with Crippen molar-refractivity contribution in [3.63, 3.8) is 0 Å². The second kappa shape index (κ2) is 5.55. The highest BCUT2D eigenvalue weighted by atomic mass is 79.9. The van der Waals surface area contributed by atoms with Gasteiger partial charge in [-0.15, -0.1) is 0 Å². The van der Waals surface area contributed by atoms with Crippen LogP contribution in [-0.4, -0.2) is 25.6 Å². The summed E-state index contributed by atoms with van der Waals surface area (Å²) in [6.45, 7) is 0.344. The molecule has 0 bridgehead atoms. The van der Waals surface area contributed by atoms with Gasteiger partial charge in [-0.25, -0.2) is 14.8 Å². The first kappa shape index (κ1) is 12.6. The average Bonchev–Trinajstić information content (AvgIpc) is 2.14. The molecular formula is C10H15BrFN3. The molecule has 0 aliphatic heterocycles. The highest BCUT2D eigenvalue weighted by molar-refractivity contribution is 9.10. The number of nitrogens with two attached hydrogens (primary N) is 1. The molecule has 0 fully saturated rings. The lowest BCUT2D eigenvalue weighted by atomic mass is 10.1. The predicted octanol–water partition coefficient (Wildman–Crippen LogP) is 1.65. The Morgan fingerprint density at radius 2 is 2.20 bits per heavy atom. The fourth-order valence-corrected chi connectivity index (χ4v) is 1.68. The Labute approximate surface area is 97.5 Å². The first-order valence-corrected chi connectivity index (χ1v) is 5.42. The second-order valence-electron chi connectivity index (χ2n) is 3.48. The van der Waals surface area contributed by atoms with E-state index in [1.165, 1.54) is 6.07 Å². The van der Waals surface area contributed by atoms with Crippen molar-refractivity contribution in [1.82, 2.24) is 10.4 Å². The van der Waals surface area contributed by atoms with Crippen LogP contribution in [0.25, 0.3) is 0 Å². The van der Waals surface area contributed by atoms with Crippen molar-refractivity contribution >= 4 is 15.9 Å². The van der Waals surface area contributed by atoms with Crippen LogP contribution in [0, 0.1) is 5.82 Å². The third-order valence-corrected chi connectivity index (χ3v) is 2.48. The SMILES string of the molecule is CN(C)NC(CN)c1ccc(Br)cc1F. The van der Waals surface area contributed by atoms with Gasteiger partial charge in [-0.3, -0.25) is 0 Å². The van der Waals surface area contributed by atoms with E-state index >= 15 is 0 Å². The van der Waals surface area contributed by atoms with E-state index in [-0.39, 0.29) is 11.9 Å². The third-order valence-electron chi connectivity index (χ3n) is 1.99. The van der Waals surface area contributed by atoms with E-state index in [4.69, 9.17) is 5.73 Å². The molecular weight excluding hydrogens is 261 g/mol. The molecule has 0 heterocycles. The summed E-state index contributed by atoms with van der Waals surface area (Å²) in [5, 5.41) is 1.76. The molecule has 0 aromatic heterocycles. The van der Waals surface area contributed by atoms with E-state index in [0.717, 1.165) is 4.47 Å². The standard InChI is InChI=1S/C10H15BrFN3/c1-15(2)14-10(6-13)8-4-3-7(11)5-9(8)12/h3-5,10,14H,6,13H2,1-2H3. The highest BCUT2D eigenvalue weighted by Crippen LogP contribution is 2.20. The van der Waals surface area contributed by atoms with Gasteiger partial charge in [-0.05, 0) is 12.1 Å². The van der Waals surface area contributed by atoms with Gasteiger partial charge >= 0.3 is 0 Å². The van der Waals surface area contributed by atoms with E-state index in [0.29, 0.717) is 12.1 Å². The molecule has 1 atom stereocenters. The summed E-state index contributed by atoms with van der Waals surface area (Å²) in [6, 6.07) is 4.77. The molecule has 3 N–H and O–H groups in total. The van der Waals surface area contributed by atoms with Crippen molar-refractivity contribution in [2.75, 3.05) is 20.6 Å². The molecule has 0 aliphatic rings. The van der Waals surface area contributed by atoms with Gasteiger partial charge in [0.1, 0.15) is 5.82 Å². The van der Waals surface area contributed by atoms with Crippen LogP contribution >= 0.6 is 15.9 Å². The van der Waals surface area contributed by atoms with Gasteiger partial charge < -0.3 is 5.73 Å². The van der Waals surface area contributed by atoms with Crippen molar-refractivity contribution in [2.45, 2.75) is 6.04 Å². The van der Waals surface area contributed by atoms with Gasteiger partial charge in [-0.1, -0.05) is 22.0 Å². The topological polar surface area (TPSA) is 41.3 Å². The van der Waals surface area contributed by atoms with Crippen molar-refractivity contribution in [2.24, 2.45) is 5.73 Å². The minimum absolute atomic E-state index is 0.201. The van der Waals surface area contributed by atoms with Crippen LogP contribution in [0.2, 0.25) is 0 Å². The predicted molar refractivity (Wildman–Crippen MR) is 62.7 cm³/mol. The van der Waals surface area contributed by atoms with E-state index in [2.05, 4.69) is 21.4 Å². The average molecular weight is 276 g/mol. The molecule has 0 radical (unpaired) electrons. The van der Waals surface area contributed by atoms with Crippen molar-refractivity contribution in [3.8, 4) is 0 Å². The monoisotopic (exact) mass is 275 g/mol. The summed E-state index contributed by atoms with van der Waals surface area (Å²) < 4.78 is 14.3. The summed E-state index contributed by atoms with van der Waals surface area (Å²) in [5.74, 6) is -0.255. The smallest absolute Gasteiger partial charge is 0.129 e. The molecule has 0 aliphatic carbocycles. The van der Waals surface area contributed by atoms with Gasteiger partial charge in [-0.2, -0.15) is 0 Å². The van der Waals surface area contributed by atoms with E-state index in [1.807, 2.05) is 14.1 Å². The minimum Gasteiger partial charge on any atom is -0.329 e. The zero-order chi connectivity index (χ0) is 11.4. The van der Waals surface area contributed by atoms with Crippen molar-refractivity contribution in [3.05, 3.63) is 34.1 Å². The second-order valence-corrected chi connectivity index (χ2v) is 4.39. The summed E-state index contributed by atoms with van der Waals surface area (Å²) in [7, 11) is 3.69. The fourth-order valence-electron chi connectivity index (χ4n) is 1.34. The Morgan fingerprint density at radius 3 is 2.67 bits per heavy atom. The number of hydrogen-bond donors (Lipinski definition) is 2. The molecule has 1 unspecified atom stereocenters. The van der Waals surface area contributed by atoms with Crippen LogP contribution in [0.1, 0.15) is 11.6 Å². The Balaban J connectivity index is 2.91. The zero-order valence-electron chi connectivity index (χ0n) is 8.80. The molecule has 3 nitrogen and oxygen atoms in total. The van der Waals surface area contributed by atoms with Crippen LogP contribution in [0.4, 0.5) is 4.39 Å². The van der Waals surface area contributed by atoms with Crippen LogP contribution in [0.5, 0.6) is 0 Å². The maximum atomic E-state index is 13.6. The first-order chi connectivity index (χ1) is 7.04. The summed E-state index contributed by atoms with van der Waals surface area (Å²) >= 11 is 3.22. The van der Waals surface area contributed by atoms with Crippen LogP contribution < -0.4 is 11.2 Å². The quantitative estimate of drug-likeness (QED) is 0.822. The van der Waals surface area contributed by atoms with Crippen LogP contribution in [0.3, 0.4) is 0 Å². The lowest BCUT2D eigenvalue weighted by Crippen LogP contribution is -2.38. The lowest BCUT2D eigenvalue weighted by Gasteiger charge is -2.22. The molecule has 0 amide bonds. The van der Waals surface area contributed by atoms with Gasteiger partial charge in [0.25, 0.3) is 0 Å². The summed E-state index contributed by atoms with van der Waals surface area (Å²) in [6.07, 6.45) is 0. The zero-order valence-corrected chi connectivity index (χ0v) is 10.4. The van der Waals surface area contributed by atoms with Crippen LogP contribution in [0.15, 0.2) is 22.7 Å². The molecule has 1 aromatic rings. The number of nitrogens with one attached hydrogen (secondary N) is 1. The fraction of sp³-hybridized carbons (Fsp3) is 0.400. The number of halogens is 2. The molecule has 84 valence electrons. The third kappa shape index (κ3) is 3.53. The van der Waals surface area contributed by atoms with Crippen LogP contribution in [-0.2, 0) is 0 Å². The molecule has 1 aromatic carbocycles. The Morgan fingerprint density at radius 1 is 1.53 bits per heavy atom. The number of nitrogens with zero attached hydrogens (tertiary/aromatic N) is 1. The molecule has 1 rings (SSSR count). The normalized spacial score (nSPS) is 13.2. The Kier molecular flexibility index (Phi) is 4.66. The number of benzene rings is 1. The molecule has 0 saturated carbocycles. The first-order valence-electron chi connectivity index (χ1n) is 4.63. The molecule has 0 spiro atoms. The Bertz CT molecular complexity index is 330. The van der Waals surface area contributed by atoms with E-state index in [1.54, 1.807) is 17.1 Å². The summed E-state index contributed by atoms with van der Waals surface area (Å²) in [4.78, 5) is 0. The number of hydrazine groups is 1. The maximum Gasteiger partial charge on any atom is 0.129 e. The number of rotatable bonds is 4. The lowest BCUT2D eigenvalue weighted by molar-refractivity contribution is 0.242. The number of hydrogen-bond acceptors (Lipinski definition) is 3. The molecule has 5 heteroatoms. The van der Waals surface area contributed by atoms with Gasteiger partial charge in [0.15, 0.2) is 0 Å². The maximum absolute atomic E-state index is 13.6. The van der Waals surface area contributed by atoms with E-state index < -0.39 is 0 Å². The van der Waals surface area contributed by atoms with Gasteiger partial charge in [0.05, 0.1) is 6.04 Å². The van der Waals surface area contributed by atoms with Crippen molar-refractivity contribution in [1.29, 1.82) is 0 Å². The van der Waals surface area contributed by atoms with Crippen molar-refractivity contribution < 1.29 is 4.39 Å². The summed E-state index contributed by atoms with van der Waals surface area (Å²) in [5.41, 5.74) is 9.23. The largest absolute Gasteiger partial charge is 0.329 e. The molecule has 15 heavy (non-hydrogen) atoms.